The molecule has 1 aromatic heterocycles. The van der Waals surface area contributed by atoms with Gasteiger partial charge in [0.05, 0.1) is 28.5 Å². The zero-order valence-electron chi connectivity index (χ0n) is 15.6. The van der Waals surface area contributed by atoms with E-state index in [1.807, 2.05) is 69.3 Å². The molecule has 0 saturated heterocycles. The smallest absolute Gasteiger partial charge is 0.174 e. The van der Waals surface area contributed by atoms with Crippen LogP contribution in [-0.2, 0) is 0 Å². The van der Waals surface area contributed by atoms with Gasteiger partial charge in [-0.2, -0.15) is 0 Å². The maximum absolute atomic E-state index is 4.71. The van der Waals surface area contributed by atoms with Crippen LogP contribution in [0.2, 0.25) is 0 Å². The fourth-order valence-corrected chi connectivity index (χ4v) is 2.58. The van der Waals surface area contributed by atoms with Crippen molar-refractivity contribution in [3.05, 3.63) is 83.4 Å². The summed E-state index contributed by atoms with van der Waals surface area (Å²) in [6, 6.07) is 18.0. The van der Waals surface area contributed by atoms with Crippen molar-refractivity contribution in [2.75, 3.05) is 0 Å². The molecule has 3 aromatic rings. The Kier molecular flexibility index (Phi) is 5.32. The predicted octanol–water partition coefficient (Wildman–Crippen LogP) is 5.37. The average molecular weight is 342 g/mol. The van der Waals surface area contributed by atoms with Crippen molar-refractivity contribution < 1.29 is 0 Å². The first-order chi connectivity index (χ1) is 12.5. The molecular weight excluding hydrogens is 320 g/mol. The quantitative estimate of drug-likeness (QED) is 0.598. The van der Waals surface area contributed by atoms with Crippen LogP contribution >= 0.6 is 0 Å². The standard InChI is InChI=1S/C22H22N4/c1-15-9-5-7-11-19(15)24-17(3)21-13-14-23-22(26-21)18(4)25-20-12-8-6-10-16(20)2/h5-14H,1-4H3. The van der Waals surface area contributed by atoms with Crippen molar-refractivity contribution in [1.82, 2.24) is 9.97 Å². The molecular formula is C22H22N4. The molecule has 0 fully saturated rings. The lowest BCUT2D eigenvalue weighted by Gasteiger charge is -2.06. The van der Waals surface area contributed by atoms with Crippen LogP contribution in [0.1, 0.15) is 36.5 Å². The number of nitrogens with zero attached hydrogens (tertiary/aromatic N) is 4. The van der Waals surface area contributed by atoms with Crippen LogP contribution in [-0.4, -0.2) is 21.4 Å². The van der Waals surface area contributed by atoms with E-state index in [2.05, 4.69) is 28.0 Å². The molecule has 3 rings (SSSR count). The fourth-order valence-electron chi connectivity index (χ4n) is 2.58. The molecule has 0 bridgehead atoms. The van der Waals surface area contributed by atoms with E-state index in [0.29, 0.717) is 5.82 Å². The maximum Gasteiger partial charge on any atom is 0.174 e. The number of aromatic nitrogens is 2. The van der Waals surface area contributed by atoms with E-state index in [0.717, 1.165) is 39.6 Å². The van der Waals surface area contributed by atoms with E-state index >= 15 is 0 Å². The van der Waals surface area contributed by atoms with E-state index in [-0.39, 0.29) is 0 Å². The normalized spacial score (nSPS) is 12.3. The molecule has 0 atom stereocenters. The third kappa shape index (κ3) is 4.09. The van der Waals surface area contributed by atoms with Gasteiger partial charge in [0.1, 0.15) is 0 Å². The van der Waals surface area contributed by atoms with Gasteiger partial charge in [-0.3, -0.25) is 4.99 Å². The number of benzene rings is 2. The van der Waals surface area contributed by atoms with Gasteiger partial charge >= 0.3 is 0 Å². The van der Waals surface area contributed by atoms with Gasteiger partial charge in [-0.25, -0.2) is 15.0 Å². The summed E-state index contributed by atoms with van der Waals surface area (Å²) in [5.74, 6) is 0.616. The lowest BCUT2D eigenvalue weighted by atomic mass is 10.2. The van der Waals surface area contributed by atoms with Gasteiger partial charge in [-0.05, 0) is 57.0 Å². The second-order valence-electron chi connectivity index (χ2n) is 6.23. The maximum atomic E-state index is 4.71. The van der Waals surface area contributed by atoms with E-state index < -0.39 is 0 Å². The molecule has 1 heterocycles. The van der Waals surface area contributed by atoms with E-state index in [9.17, 15) is 0 Å². The molecule has 130 valence electrons. The molecule has 26 heavy (non-hydrogen) atoms. The van der Waals surface area contributed by atoms with Gasteiger partial charge in [-0.1, -0.05) is 36.4 Å². The lowest BCUT2D eigenvalue weighted by Crippen LogP contribution is -2.07. The van der Waals surface area contributed by atoms with E-state index in [4.69, 9.17) is 4.99 Å². The number of para-hydroxylation sites is 2. The Bertz CT molecular complexity index is 910. The van der Waals surface area contributed by atoms with E-state index in [1.54, 1.807) is 6.20 Å². The SMILES string of the molecule is CC(=Nc1ccccc1C)c1ccnc(C(C)=Nc2ccccc2C)n1. The van der Waals surface area contributed by atoms with Gasteiger partial charge in [-0.15, -0.1) is 0 Å². The Hall–Kier alpha value is -3.14. The molecule has 4 heteroatoms. The second-order valence-corrected chi connectivity index (χ2v) is 6.23. The number of rotatable bonds is 4. The first kappa shape index (κ1) is 17.7. The zero-order valence-corrected chi connectivity index (χ0v) is 15.6. The monoisotopic (exact) mass is 342 g/mol. The van der Waals surface area contributed by atoms with Crippen molar-refractivity contribution in [3.8, 4) is 0 Å². The summed E-state index contributed by atoms with van der Waals surface area (Å²) in [5, 5.41) is 0. The van der Waals surface area contributed by atoms with Crippen molar-refractivity contribution in [2.24, 2.45) is 9.98 Å². The Balaban J connectivity index is 1.93. The molecule has 0 aliphatic carbocycles. The summed E-state index contributed by atoms with van der Waals surface area (Å²) in [6.07, 6.45) is 1.76. The molecule has 0 spiro atoms. The van der Waals surface area contributed by atoms with Crippen LogP contribution in [0, 0.1) is 13.8 Å². The van der Waals surface area contributed by atoms with Gasteiger partial charge < -0.3 is 0 Å². The van der Waals surface area contributed by atoms with Crippen LogP contribution in [0.25, 0.3) is 0 Å². The Morgan fingerprint density at radius 1 is 0.731 bits per heavy atom. The molecule has 2 aromatic carbocycles. The molecule has 4 nitrogen and oxygen atoms in total. The van der Waals surface area contributed by atoms with Gasteiger partial charge in [0.15, 0.2) is 5.82 Å². The molecule has 0 aliphatic rings. The minimum Gasteiger partial charge on any atom is -0.251 e. The van der Waals surface area contributed by atoms with Crippen LogP contribution in [0.4, 0.5) is 11.4 Å². The second kappa shape index (κ2) is 7.83. The van der Waals surface area contributed by atoms with Crippen molar-refractivity contribution >= 4 is 22.8 Å². The Labute approximate surface area is 154 Å². The summed E-state index contributed by atoms with van der Waals surface area (Å²) >= 11 is 0. The third-order valence-corrected chi connectivity index (χ3v) is 4.16. The highest BCUT2D eigenvalue weighted by atomic mass is 14.9. The van der Waals surface area contributed by atoms with Crippen LogP contribution < -0.4 is 0 Å². The summed E-state index contributed by atoms with van der Waals surface area (Å²) in [5.41, 5.74) is 6.59. The Morgan fingerprint density at radius 3 is 1.85 bits per heavy atom. The molecule has 0 aliphatic heterocycles. The summed E-state index contributed by atoms with van der Waals surface area (Å²) in [4.78, 5) is 18.4. The predicted molar refractivity (Wildman–Crippen MR) is 108 cm³/mol. The van der Waals surface area contributed by atoms with E-state index in [1.165, 1.54) is 0 Å². The molecule has 0 amide bonds. The summed E-state index contributed by atoms with van der Waals surface area (Å²) < 4.78 is 0. The molecule has 0 unspecified atom stereocenters. The first-order valence-corrected chi connectivity index (χ1v) is 8.60. The van der Waals surface area contributed by atoms with Gasteiger partial charge in [0, 0.05) is 6.20 Å². The van der Waals surface area contributed by atoms with Crippen LogP contribution in [0.3, 0.4) is 0 Å². The topological polar surface area (TPSA) is 50.5 Å². The fraction of sp³-hybridized carbons (Fsp3) is 0.182. The van der Waals surface area contributed by atoms with Crippen molar-refractivity contribution in [1.29, 1.82) is 0 Å². The lowest BCUT2D eigenvalue weighted by molar-refractivity contribution is 1.11. The third-order valence-electron chi connectivity index (χ3n) is 4.16. The highest BCUT2D eigenvalue weighted by Gasteiger charge is 2.07. The Morgan fingerprint density at radius 2 is 1.27 bits per heavy atom. The van der Waals surface area contributed by atoms with Gasteiger partial charge in [0.25, 0.3) is 0 Å². The van der Waals surface area contributed by atoms with Crippen LogP contribution in [0.15, 0.2) is 70.8 Å². The summed E-state index contributed by atoms with van der Waals surface area (Å²) in [7, 11) is 0. The number of hydrogen-bond donors (Lipinski definition) is 0. The highest BCUT2D eigenvalue weighted by Crippen LogP contribution is 2.20. The molecule has 0 saturated carbocycles. The number of aryl methyl sites for hydroxylation is 2. The highest BCUT2D eigenvalue weighted by molar-refractivity contribution is 6.01. The zero-order chi connectivity index (χ0) is 18.5. The number of hydrogen-bond acceptors (Lipinski definition) is 4. The molecule has 0 N–H and O–H groups in total. The minimum atomic E-state index is 0.616. The van der Waals surface area contributed by atoms with Crippen molar-refractivity contribution in [3.63, 3.8) is 0 Å². The van der Waals surface area contributed by atoms with Crippen molar-refractivity contribution in [2.45, 2.75) is 27.7 Å². The minimum absolute atomic E-state index is 0.616. The first-order valence-electron chi connectivity index (χ1n) is 8.60. The molecule has 0 radical (unpaired) electrons. The van der Waals surface area contributed by atoms with Crippen LogP contribution in [0.5, 0.6) is 0 Å². The largest absolute Gasteiger partial charge is 0.251 e. The average Bonchev–Trinajstić information content (AvgIpc) is 2.65. The summed E-state index contributed by atoms with van der Waals surface area (Å²) in [6.45, 7) is 7.99. The number of aliphatic imine (C=N–C) groups is 2. The van der Waals surface area contributed by atoms with Gasteiger partial charge in [0.2, 0.25) is 0 Å².